The number of hydrogen-bond donors (Lipinski definition) is 0. The number of benzene rings is 9. The van der Waals surface area contributed by atoms with Gasteiger partial charge in [-0.15, -0.1) is 0 Å². The molecule has 1 nitrogen and oxygen atoms in total. The van der Waals surface area contributed by atoms with Gasteiger partial charge >= 0.3 is 0 Å². The largest absolute Gasteiger partial charge is 0.310 e. The summed E-state index contributed by atoms with van der Waals surface area (Å²) < 4.78 is 0. The third-order valence-electron chi connectivity index (χ3n) is 9.85. The molecular weight excluding hydrogens is 615 g/mol. The van der Waals surface area contributed by atoms with Crippen molar-refractivity contribution in [2.45, 2.75) is 0 Å². The monoisotopic (exact) mass is 649 g/mol. The fourth-order valence-corrected chi connectivity index (χ4v) is 7.36. The zero-order chi connectivity index (χ0) is 34.0. The molecule has 0 saturated heterocycles. The second-order valence-electron chi connectivity index (χ2n) is 13.0. The van der Waals surface area contributed by atoms with Gasteiger partial charge in [-0.1, -0.05) is 170 Å². The van der Waals surface area contributed by atoms with E-state index in [0.29, 0.717) is 0 Å². The molecule has 0 atom stereocenters. The molecular formula is C50H35N. The topological polar surface area (TPSA) is 3.24 Å². The molecule has 9 aromatic rings. The average molecular weight is 650 g/mol. The van der Waals surface area contributed by atoms with Crippen molar-refractivity contribution in [3.05, 3.63) is 212 Å². The van der Waals surface area contributed by atoms with Crippen molar-refractivity contribution in [1.82, 2.24) is 0 Å². The Labute approximate surface area is 299 Å². The van der Waals surface area contributed by atoms with Gasteiger partial charge in [0, 0.05) is 16.9 Å². The van der Waals surface area contributed by atoms with Gasteiger partial charge in [-0.05, 0) is 103 Å². The molecule has 0 bridgehead atoms. The van der Waals surface area contributed by atoms with Crippen LogP contribution in [0.1, 0.15) is 0 Å². The highest BCUT2D eigenvalue weighted by Crippen LogP contribution is 2.44. The van der Waals surface area contributed by atoms with Gasteiger partial charge < -0.3 is 4.90 Å². The Hall–Kier alpha value is -6.70. The zero-order valence-electron chi connectivity index (χ0n) is 28.2. The van der Waals surface area contributed by atoms with Gasteiger partial charge in [-0.3, -0.25) is 0 Å². The molecule has 51 heavy (non-hydrogen) atoms. The Balaban J connectivity index is 1.26. The lowest BCUT2D eigenvalue weighted by Crippen LogP contribution is -2.11. The van der Waals surface area contributed by atoms with E-state index in [2.05, 4.69) is 217 Å². The number of fused-ring (bicyclic) bond motifs is 3. The minimum atomic E-state index is 1.10. The highest BCUT2D eigenvalue weighted by atomic mass is 15.1. The summed E-state index contributed by atoms with van der Waals surface area (Å²) in [6.07, 6.45) is 0. The van der Waals surface area contributed by atoms with Crippen molar-refractivity contribution in [3.63, 3.8) is 0 Å². The second-order valence-corrected chi connectivity index (χ2v) is 13.0. The van der Waals surface area contributed by atoms with E-state index >= 15 is 0 Å². The normalized spacial score (nSPS) is 11.1. The van der Waals surface area contributed by atoms with Gasteiger partial charge in [0.15, 0.2) is 0 Å². The molecule has 1 heteroatoms. The molecule has 9 aromatic carbocycles. The number of anilines is 3. The van der Waals surface area contributed by atoms with Crippen molar-refractivity contribution in [1.29, 1.82) is 0 Å². The Morgan fingerprint density at radius 1 is 0.255 bits per heavy atom. The molecule has 0 radical (unpaired) electrons. The predicted molar refractivity (Wildman–Crippen MR) is 218 cm³/mol. The van der Waals surface area contributed by atoms with E-state index in [1.54, 1.807) is 0 Å². The smallest absolute Gasteiger partial charge is 0.0540 e. The first-order chi connectivity index (χ1) is 25.3. The lowest BCUT2D eigenvalue weighted by molar-refractivity contribution is 1.28. The Bertz CT molecular complexity index is 2610. The average Bonchev–Trinajstić information content (AvgIpc) is 3.22. The molecule has 0 amide bonds. The van der Waals surface area contributed by atoms with Crippen LogP contribution in [0, 0.1) is 0 Å². The number of rotatable bonds is 7. The summed E-state index contributed by atoms with van der Waals surface area (Å²) in [4.78, 5) is 2.42. The quantitative estimate of drug-likeness (QED) is 0.155. The van der Waals surface area contributed by atoms with Crippen LogP contribution in [-0.2, 0) is 0 Å². The third-order valence-corrected chi connectivity index (χ3v) is 9.85. The van der Waals surface area contributed by atoms with E-state index in [0.717, 1.165) is 17.1 Å². The number of hydrogen-bond acceptors (Lipinski definition) is 1. The summed E-state index contributed by atoms with van der Waals surface area (Å²) in [5.41, 5.74) is 12.9. The van der Waals surface area contributed by atoms with Crippen LogP contribution >= 0.6 is 0 Å². The Kier molecular flexibility index (Phi) is 7.92. The summed E-state index contributed by atoms with van der Waals surface area (Å²) >= 11 is 0. The maximum absolute atomic E-state index is 2.42. The zero-order valence-corrected chi connectivity index (χ0v) is 28.2. The van der Waals surface area contributed by atoms with E-state index in [-0.39, 0.29) is 0 Å². The van der Waals surface area contributed by atoms with E-state index in [9.17, 15) is 0 Å². The fourth-order valence-electron chi connectivity index (χ4n) is 7.36. The first kappa shape index (κ1) is 30.4. The van der Waals surface area contributed by atoms with Crippen LogP contribution in [0.4, 0.5) is 17.1 Å². The first-order valence-electron chi connectivity index (χ1n) is 17.5. The Morgan fingerprint density at radius 3 is 1.49 bits per heavy atom. The first-order valence-corrected chi connectivity index (χ1v) is 17.5. The summed E-state index contributed by atoms with van der Waals surface area (Å²) in [5, 5.41) is 5.04. The van der Waals surface area contributed by atoms with Crippen molar-refractivity contribution >= 4 is 38.6 Å². The summed E-state index contributed by atoms with van der Waals surface area (Å²) in [6, 6.07) is 76.7. The molecule has 0 aliphatic heterocycles. The van der Waals surface area contributed by atoms with Crippen molar-refractivity contribution < 1.29 is 0 Å². The second kappa shape index (κ2) is 13.3. The molecule has 0 spiro atoms. The fraction of sp³-hybridized carbons (Fsp3) is 0. The standard InChI is InChI=1S/C50H35N/c1-4-15-36(16-5-1)38-27-30-43(31-28-38)51(50-32-29-40(37-17-6-2-7-18-37)34-49(50)39-19-8-3-9-20-39)44-23-14-22-41(33-44)48-35-42-21-10-11-24-45(42)46-25-12-13-26-47(46)48/h1-35H. The lowest BCUT2D eigenvalue weighted by Gasteiger charge is -2.29. The van der Waals surface area contributed by atoms with E-state index in [1.165, 1.54) is 66.1 Å². The van der Waals surface area contributed by atoms with Crippen LogP contribution in [0.3, 0.4) is 0 Å². The number of nitrogens with zero attached hydrogens (tertiary/aromatic N) is 1. The van der Waals surface area contributed by atoms with Crippen LogP contribution in [0.25, 0.3) is 66.1 Å². The molecule has 240 valence electrons. The van der Waals surface area contributed by atoms with Crippen LogP contribution < -0.4 is 4.90 Å². The third kappa shape index (κ3) is 5.86. The molecule has 0 N–H and O–H groups in total. The summed E-state index contributed by atoms with van der Waals surface area (Å²) in [6.45, 7) is 0. The Morgan fingerprint density at radius 2 is 0.784 bits per heavy atom. The molecule has 0 unspecified atom stereocenters. The summed E-state index contributed by atoms with van der Waals surface area (Å²) in [7, 11) is 0. The molecule has 0 fully saturated rings. The van der Waals surface area contributed by atoms with Crippen molar-refractivity contribution in [2.24, 2.45) is 0 Å². The van der Waals surface area contributed by atoms with Crippen LogP contribution in [0.15, 0.2) is 212 Å². The summed E-state index contributed by atoms with van der Waals surface area (Å²) in [5.74, 6) is 0. The minimum absolute atomic E-state index is 1.10. The van der Waals surface area contributed by atoms with Gasteiger partial charge in [0.1, 0.15) is 0 Å². The van der Waals surface area contributed by atoms with Gasteiger partial charge in [0.05, 0.1) is 5.69 Å². The minimum Gasteiger partial charge on any atom is -0.310 e. The molecule has 0 aliphatic carbocycles. The molecule has 0 saturated carbocycles. The SMILES string of the molecule is c1ccc(-c2ccc(N(c3cccc(-c4cc5ccccc5c5ccccc45)c3)c3ccc(-c4ccccc4)cc3-c3ccccc3)cc2)cc1. The van der Waals surface area contributed by atoms with E-state index in [4.69, 9.17) is 0 Å². The van der Waals surface area contributed by atoms with Gasteiger partial charge in [-0.2, -0.15) is 0 Å². The molecule has 0 aliphatic rings. The van der Waals surface area contributed by atoms with Crippen LogP contribution in [-0.4, -0.2) is 0 Å². The predicted octanol–water partition coefficient (Wildman–Crippen LogP) is 14.1. The molecule has 0 heterocycles. The van der Waals surface area contributed by atoms with Crippen LogP contribution in [0.5, 0.6) is 0 Å². The van der Waals surface area contributed by atoms with Gasteiger partial charge in [0.25, 0.3) is 0 Å². The maximum atomic E-state index is 2.42. The highest BCUT2D eigenvalue weighted by Gasteiger charge is 2.20. The molecule has 0 aromatic heterocycles. The van der Waals surface area contributed by atoms with Crippen LogP contribution in [0.2, 0.25) is 0 Å². The van der Waals surface area contributed by atoms with Crippen molar-refractivity contribution in [3.8, 4) is 44.5 Å². The maximum Gasteiger partial charge on any atom is 0.0540 e. The van der Waals surface area contributed by atoms with Crippen molar-refractivity contribution in [2.75, 3.05) is 4.90 Å². The molecule has 9 rings (SSSR count). The van der Waals surface area contributed by atoms with E-state index in [1.807, 2.05) is 0 Å². The van der Waals surface area contributed by atoms with Gasteiger partial charge in [0.2, 0.25) is 0 Å². The van der Waals surface area contributed by atoms with Gasteiger partial charge in [-0.25, -0.2) is 0 Å². The lowest BCUT2D eigenvalue weighted by atomic mass is 9.92. The van der Waals surface area contributed by atoms with E-state index < -0.39 is 0 Å². The highest BCUT2D eigenvalue weighted by molar-refractivity contribution is 6.14.